The molecular weight excluding hydrogens is 334 g/mol. The van der Waals surface area contributed by atoms with Crippen molar-refractivity contribution in [1.82, 2.24) is 29.8 Å². The van der Waals surface area contributed by atoms with Gasteiger partial charge in [-0.3, -0.25) is 19.9 Å². The fourth-order valence-corrected chi connectivity index (χ4v) is 3.83. The molecule has 4 rings (SSSR count). The van der Waals surface area contributed by atoms with Crippen LogP contribution in [0.1, 0.15) is 29.3 Å². The Morgan fingerprint density at radius 1 is 1.08 bits per heavy atom. The van der Waals surface area contributed by atoms with Crippen LogP contribution in [0.3, 0.4) is 0 Å². The first-order valence-corrected chi connectivity index (χ1v) is 9.20. The van der Waals surface area contributed by atoms with E-state index in [1.807, 2.05) is 11.7 Å². The smallest absolute Gasteiger partial charge is 0.153 e. The molecule has 0 unspecified atom stereocenters. The van der Waals surface area contributed by atoms with Crippen LogP contribution in [0.4, 0.5) is 11.6 Å². The zero-order valence-corrected chi connectivity index (χ0v) is 14.6. The summed E-state index contributed by atoms with van der Waals surface area (Å²) < 4.78 is 0. The van der Waals surface area contributed by atoms with Crippen LogP contribution in [0.25, 0.3) is 0 Å². The Labute approximate surface area is 150 Å². The van der Waals surface area contributed by atoms with Crippen LogP contribution < -0.4 is 5.32 Å². The Morgan fingerprint density at radius 3 is 2.84 bits per heavy atom. The normalized spacial score (nSPS) is 18.2. The molecule has 1 aliphatic heterocycles. The van der Waals surface area contributed by atoms with Crippen LogP contribution in [-0.4, -0.2) is 42.9 Å². The molecular formula is C17H19N7S. The number of anilines is 2. The van der Waals surface area contributed by atoms with Crippen molar-refractivity contribution in [2.45, 2.75) is 25.3 Å². The van der Waals surface area contributed by atoms with Gasteiger partial charge >= 0.3 is 0 Å². The molecule has 0 spiro atoms. The Balaban J connectivity index is 1.51. The molecule has 4 heterocycles. The Morgan fingerprint density at radius 2 is 2.00 bits per heavy atom. The number of thiazole rings is 1. The van der Waals surface area contributed by atoms with Gasteiger partial charge in [-0.05, 0) is 19.4 Å². The molecule has 0 aromatic carbocycles. The van der Waals surface area contributed by atoms with Gasteiger partial charge in [-0.15, -0.1) is 11.3 Å². The van der Waals surface area contributed by atoms with Gasteiger partial charge in [0.1, 0.15) is 5.82 Å². The minimum Gasteiger partial charge on any atom is -0.322 e. The number of nitrogens with zero attached hydrogens (tertiary/aromatic N) is 6. The lowest BCUT2D eigenvalue weighted by Crippen LogP contribution is -2.34. The fourth-order valence-electron chi connectivity index (χ4n) is 3.19. The van der Waals surface area contributed by atoms with Crippen LogP contribution in [0.2, 0.25) is 0 Å². The summed E-state index contributed by atoms with van der Waals surface area (Å²) in [6.07, 6.45) is 12.7. The van der Waals surface area contributed by atoms with E-state index < -0.39 is 0 Å². The quantitative estimate of drug-likeness (QED) is 0.755. The van der Waals surface area contributed by atoms with Gasteiger partial charge in [0.15, 0.2) is 5.82 Å². The summed E-state index contributed by atoms with van der Waals surface area (Å²) >= 11 is 1.71. The van der Waals surface area contributed by atoms with Crippen molar-refractivity contribution in [3.63, 3.8) is 0 Å². The molecule has 0 radical (unpaired) electrons. The zero-order chi connectivity index (χ0) is 16.9. The molecule has 25 heavy (non-hydrogen) atoms. The van der Waals surface area contributed by atoms with Crippen molar-refractivity contribution in [2.24, 2.45) is 0 Å². The summed E-state index contributed by atoms with van der Waals surface area (Å²) in [6.45, 7) is 3.04. The lowest BCUT2D eigenvalue weighted by Gasteiger charge is -2.32. The topological polar surface area (TPSA) is 79.7 Å². The van der Waals surface area contributed by atoms with Crippen molar-refractivity contribution in [1.29, 1.82) is 0 Å². The standard InChI is InChI=1S/C17H19N7S/c1-2-13(10-24(7-1)11-14-8-19-12-25-14)16-17(22-6-5-21-16)23-15-9-18-3-4-20-15/h3-6,8-9,12-13H,1-2,7,10-11H2,(H,20,22,23)/t13-/m0/s1. The molecule has 1 N–H and O–H groups in total. The maximum absolute atomic E-state index is 4.62. The molecule has 1 fully saturated rings. The van der Waals surface area contributed by atoms with E-state index in [0.717, 1.165) is 44.0 Å². The van der Waals surface area contributed by atoms with Gasteiger partial charge in [-0.2, -0.15) is 0 Å². The minimum absolute atomic E-state index is 0.356. The van der Waals surface area contributed by atoms with E-state index in [9.17, 15) is 0 Å². The Bertz CT molecular complexity index is 794. The number of piperidine rings is 1. The predicted molar refractivity (Wildman–Crippen MR) is 96.7 cm³/mol. The second-order valence-electron chi connectivity index (χ2n) is 6.05. The average Bonchev–Trinajstić information content (AvgIpc) is 3.16. The number of likely N-dealkylation sites (tertiary alicyclic amines) is 1. The average molecular weight is 353 g/mol. The third kappa shape index (κ3) is 3.97. The van der Waals surface area contributed by atoms with Gasteiger partial charge in [0.25, 0.3) is 0 Å². The first kappa shape index (κ1) is 16.0. The summed E-state index contributed by atoms with van der Waals surface area (Å²) in [5.41, 5.74) is 2.89. The fraction of sp³-hybridized carbons (Fsp3) is 0.353. The van der Waals surface area contributed by atoms with Crippen LogP contribution in [-0.2, 0) is 6.54 Å². The third-order valence-corrected chi connectivity index (χ3v) is 5.06. The number of aromatic nitrogens is 5. The molecule has 8 heteroatoms. The lowest BCUT2D eigenvalue weighted by molar-refractivity contribution is 0.200. The van der Waals surface area contributed by atoms with Crippen LogP contribution in [0, 0.1) is 0 Å². The molecule has 7 nitrogen and oxygen atoms in total. The van der Waals surface area contributed by atoms with E-state index in [2.05, 4.69) is 35.1 Å². The van der Waals surface area contributed by atoms with E-state index in [0.29, 0.717) is 11.7 Å². The first-order chi connectivity index (χ1) is 12.4. The first-order valence-electron chi connectivity index (χ1n) is 8.32. The molecule has 0 saturated carbocycles. The van der Waals surface area contributed by atoms with Gasteiger partial charge in [-0.25, -0.2) is 9.97 Å². The minimum atomic E-state index is 0.356. The lowest BCUT2D eigenvalue weighted by atomic mass is 9.94. The van der Waals surface area contributed by atoms with E-state index in [4.69, 9.17) is 0 Å². The van der Waals surface area contributed by atoms with E-state index in [1.54, 1.807) is 42.3 Å². The number of nitrogens with one attached hydrogen (secondary N) is 1. The molecule has 3 aromatic rings. The molecule has 1 atom stereocenters. The molecule has 128 valence electrons. The van der Waals surface area contributed by atoms with Gasteiger partial charge < -0.3 is 5.32 Å². The largest absolute Gasteiger partial charge is 0.322 e. The monoisotopic (exact) mass is 353 g/mol. The van der Waals surface area contributed by atoms with Crippen molar-refractivity contribution in [3.8, 4) is 0 Å². The highest BCUT2D eigenvalue weighted by Crippen LogP contribution is 2.31. The van der Waals surface area contributed by atoms with Gasteiger partial charge in [0.2, 0.25) is 0 Å². The molecule has 0 bridgehead atoms. The van der Waals surface area contributed by atoms with Crippen molar-refractivity contribution >= 4 is 23.0 Å². The second kappa shape index (κ2) is 7.62. The molecule has 1 saturated heterocycles. The van der Waals surface area contributed by atoms with Crippen molar-refractivity contribution in [2.75, 3.05) is 18.4 Å². The summed E-state index contributed by atoms with van der Waals surface area (Å²) in [7, 11) is 0. The van der Waals surface area contributed by atoms with Gasteiger partial charge in [-0.1, -0.05) is 0 Å². The van der Waals surface area contributed by atoms with Crippen molar-refractivity contribution < 1.29 is 0 Å². The highest BCUT2D eigenvalue weighted by Gasteiger charge is 2.25. The van der Waals surface area contributed by atoms with E-state index in [1.165, 1.54) is 4.88 Å². The summed E-state index contributed by atoms with van der Waals surface area (Å²) in [5, 5.41) is 3.26. The maximum atomic E-state index is 4.62. The number of hydrogen-bond acceptors (Lipinski definition) is 8. The number of hydrogen-bond donors (Lipinski definition) is 1. The highest BCUT2D eigenvalue weighted by molar-refractivity contribution is 7.09. The Kier molecular flexibility index (Phi) is 4.89. The summed E-state index contributed by atoms with van der Waals surface area (Å²) in [5.74, 6) is 1.81. The summed E-state index contributed by atoms with van der Waals surface area (Å²) in [4.78, 5) is 25.4. The SMILES string of the molecule is c1cnc(Nc2nccnc2[C@H]2CCCN(Cc3cncs3)C2)cn1. The molecule has 0 amide bonds. The maximum Gasteiger partial charge on any atom is 0.153 e. The highest BCUT2D eigenvalue weighted by atomic mass is 32.1. The van der Waals surface area contributed by atoms with Crippen LogP contribution >= 0.6 is 11.3 Å². The number of rotatable bonds is 5. The van der Waals surface area contributed by atoms with E-state index >= 15 is 0 Å². The third-order valence-electron chi connectivity index (χ3n) is 4.29. The van der Waals surface area contributed by atoms with Gasteiger partial charge in [0, 0.05) is 54.9 Å². The Hall–Kier alpha value is -2.45. The molecule has 1 aliphatic rings. The van der Waals surface area contributed by atoms with Crippen LogP contribution in [0.5, 0.6) is 0 Å². The van der Waals surface area contributed by atoms with E-state index in [-0.39, 0.29) is 0 Å². The van der Waals surface area contributed by atoms with Crippen molar-refractivity contribution in [3.05, 3.63) is 53.3 Å². The van der Waals surface area contributed by atoms with Gasteiger partial charge in [0.05, 0.1) is 17.4 Å². The zero-order valence-electron chi connectivity index (χ0n) is 13.7. The second-order valence-corrected chi connectivity index (χ2v) is 7.02. The molecule has 0 aliphatic carbocycles. The predicted octanol–water partition coefficient (Wildman–Crippen LogP) is 2.85. The molecule has 3 aromatic heterocycles. The summed E-state index contributed by atoms with van der Waals surface area (Å²) in [6, 6.07) is 0. The van der Waals surface area contributed by atoms with Crippen LogP contribution in [0.15, 0.2) is 42.7 Å².